The normalized spacial score (nSPS) is 14.1. The monoisotopic (exact) mass is 1510 g/mol. The van der Waals surface area contributed by atoms with Crippen LogP contribution in [0.25, 0.3) is 0 Å². The van der Waals surface area contributed by atoms with Crippen LogP contribution in [-0.2, 0) is 65.4 Å². The van der Waals surface area contributed by atoms with Crippen LogP contribution < -0.4 is 68.9 Å². The van der Waals surface area contributed by atoms with Crippen molar-refractivity contribution < 1.29 is 139 Å². The molecule has 0 radical (unpaired) electrons. The van der Waals surface area contributed by atoms with Gasteiger partial charge in [0.05, 0.1) is 26.4 Å². The Morgan fingerprint density at radius 3 is 0.854 bits per heavy atom. The Bertz CT molecular complexity index is 2310. The number of carbonyl (C=O) groups excluding carboxylic acids is 4. The molecule has 5 unspecified atom stereocenters. The van der Waals surface area contributed by atoms with Gasteiger partial charge in [-0.25, -0.2) is 0 Å². The van der Waals surface area contributed by atoms with Crippen molar-refractivity contribution in [1.29, 1.82) is 0 Å². The van der Waals surface area contributed by atoms with Gasteiger partial charge in [-0.1, -0.05) is 253 Å². The predicted molar refractivity (Wildman–Crippen MR) is 409 cm³/mol. The third-order valence-corrected chi connectivity index (χ3v) is 18.6. The minimum absolute atomic E-state index is 0. The quantitative estimate of drug-likeness (QED) is 0.0149. The number of hydrogen-bond donors (Lipinski definition) is 1. The summed E-state index contributed by atoms with van der Waals surface area (Å²) in [5, 5.41) is 10.5. The Balaban J connectivity index is -0.0000500. The first-order valence-electron chi connectivity index (χ1n) is 39.9. The van der Waals surface area contributed by atoms with E-state index in [-0.39, 0.29) is 97.8 Å². The molecule has 1 N–H and O–H groups in total. The van der Waals surface area contributed by atoms with Crippen molar-refractivity contribution in [3.63, 3.8) is 0 Å². The summed E-state index contributed by atoms with van der Waals surface area (Å²) in [6.45, 7) is 4.83. The van der Waals surface area contributed by atoms with Gasteiger partial charge in [-0.05, 0) is 154 Å². The average molecular weight is 1510 g/mol. The van der Waals surface area contributed by atoms with Gasteiger partial charge in [-0.15, -0.1) is 0 Å². The van der Waals surface area contributed by atoms with E-state index in [1.54, 1.807) is 0 Å². The maximum atomic E-state index is 13.0. The average Bonchev–Trinajstić information content (AvgIpc) is 0.919. The predicted octanol–water partition coefficient (Wildman–Crippen LogP) is 15.9. The number of phosphoric acid groups is 2. The van der Waals surface area contributed by atoms with Gasteiger partial charge in [0.15, 0.2) is 6.10 Å². The molecule has 0 aromatic rings. The number of phosphoric ester groups is 2. The van der Waals surface area contributed by atoms with Crippen LogP contribution in [0.5, 0.6) is 0 Å². The van der Waals surface area contributed by atoms with Crippen LogP contribution in [0.1, 0.15) is 342 Å². The SMILES string of the molecule is CCCCCC/C=C/C/C=C/CCCCCCC(=O)OCC(CCOP(=O)([O-])OCC(O)COP(=O)([O-])OCC(COC(=O)CCCCCC/C=C/C/C=C/CCCCCC)OC(=O)CCCCCC/C=C/C/C=C/CCCCCC)OC(=O)CCCCCC/C=C/C/C=C/CCCCCC.[Na+].[Na+]. The fourth-order valence-electron chi connectivity index (χ4n) is 10.6. The molecule has 0 saturated heterocycles. The summed E-state index contributed by atoms with van der Waals surface area (Å²) in [7, 11) is -10.4. The van der Waals surface area contributed by atoms with E-state index in [4.69, 9.17) is 37.0 Å². The molecule has 0 amide bonds. The molecular formula is C82H142Na2O17P2. The van der Waals surface area contributed by atoms with Crippen molar-refractivity contribution >= 4 is 39.5 Å². The van der Waals surface area contributed by atoms with E-state index in [1.807, 2.05) is 0 Å². The van der Waals surface area contributed by atoms with Gasteiger partial charge in [0.25, 0.3) is 15.6 Å². The minimum atomic E-state index is -5.23. The fraction of sp³-hybridized carbons (Fsp3) is 0.756. The molecule has 103 heavy (non-hydrogen) atoms. The third-order valence-electron chi connectivity index (χ3n) is 16.7. The number of aliphatic hydroxyl groups is 1. The van der Waals surface area contributed by atoms with E-state index in [9.17, 15) is 43.2 Å². The standard InChI is InChI=1S/C82H144O17P2.2Na/c1-5-9-13-17-21-25-29-33-37-41-45-49-53-57-61-65-79(84)92-73-77(98-81(86)67-63-59-55-51-47-43-39-35-31-27-23-19-15-11-7-3)69-70-94-100(88,89)95-71-76(83)72-96-101(90,91)97-75-78(99-82(87)68-64-60-56-52-48-44-40-36-32-28-24-20-16-12-8-4)74-93-80(85)66-62-58-54-50-46-42-38-34-30-26-22-18-14-10-6-2;;/h25-32,37-44,76-78,83H,5-24,33-36,45-75H2,1-4H3,(H,88,89)(H,90,91);;/q;2*+1/p-2/b29-25+,30-26+,31-27+,32-28+,41-37+,42-38+,43-39+,44-40+;;. The minimum Gasteiger partial charge on any atom is -0.756 e. The number of ether oxygens (including phenoxy) is 4. The van der Waals surface area contributed by atoms with E-state index in [0.717, 1.165) is 154 Å². The molecular weight excluding hydrogens is 1360 g/mol. The van der Waals surface area contributed by atoms with Crippen LogP contribution in [0.3, 0.4) is 0 Å². The molecule has 0 aliphatic heterocycles. The van der Waals surface area contributed by atoms with E-state index in [2.05, 4.69) is 125 Å². The molecule has 0 bridgehead atoms. The van der Waals surface area contributed by atoms with Crippen molar-refractivity contribution in [3.8, 4) is 0 Å². The number of hydrogen-bond acceptors (Lipinski definition) is 17. The van der Waals surface area contributed by atoms with Gasteiger partial charge < -0.3 is 51.9 Å². The molecule has 17 nitrogen and oxygen atoms in total. The van der Waals surface area contributed by atoms with Crippen LogP contribution in [0, 0.1) is 0 Å². The fourth-order valence-corrected chi connectivity index (χ4v) is 12.1. The van der Waals surface area contributed by atoms with Gasteiger partial charge in [0.2, 0.25) is 0 Å². The maximum absolute atomic E-state index is 13.0. The summed E-state index contributed by atoms with van der Waals surface area (Å²) in [5.74, 6) is -2.15. The number of rotatable bonds is 75. The smallest absolute Gasteiger partial charge is 0.756 e. The van der Waals surface area contributed by atoms with Crippen LogP contribution >= 0.6 is 15.6 Å². The van der Waals surface area contributed by atoms with Crippen LogP contribution in [-0.4, -0.2) is 86.9 Å². The summed E-state index contributed by atoms with van der Waals surface area (Å²) in [5.41, 5.74) is 0. The van der Waals surface area contributed by atoms with E-state index in [1.165, 1.54) is 103 Å². The summed E-state index contributed by atoms with van der Waals surface area (Å²) in [4.78, 5) is 77.4. The molecule has 0 heterocycles. The largest absolute Gasteiger partial charge is 1.00 e. The molecule has 0 aliphatic carbocycles. The summed E-state index contributed by atoms with van der Waals surface area (Å²) < 4.78 is 67.7. The first-order valence-corrected chi connectivity index (χ1v) is 42.9. The second-order valence-corrected chi connectivity index (χ2v) is 29.4. The molecule has 5 atom stereocenters. The zero-order chi connectivity index (χ0) is 73.9. The molecule has 0 saturated carbocycles. The van der Waals surface area contributed by atoms with E-state index < -0.39 is 90.9 Å². The summed E-state index contributed by atoms with van der Waals surface area (Å²) in [6.07, 6.45) is 76.8. The Labute approximate surface area is 671 Å². The summed E-state index contributed by atoms with van der Waals surface area (Å²) >= 11 is 0. The van der Waals surface area contributed by atoms with Crippen molar-refractivity contribution in [2.75, 3.05) is 39.6 Å². The van der Waals surface area contributed by atoms with Crippen molar-refractivity contribution in [2.24, 2.45) is 0 Å². The van der Waals surface area contributed by atoms with Crippen LogP contribution in [0.15, 0.2) is 97.2 Å². The number of allylic oxidation sites excluding steroid dienone is 16. The molecule has 584 valence electrons. The molecule has 0 aliphatic rings. The van der Waals surface area contributed by atoms with Crippen LogP contribution in [0.4, 0.5) is 0 Å². The summed E-state index contributed by atoms with van der Waals surface area (Å²) in [6, 6.07) is 0. The van der Waals surface area contributed by atoms with Gasteiger partial charge in [0, 0.05) is 32.1 Å². The van der Waals surface area contributed by atoms with E-state index in [0.29, 0.717) is 25.7 Å². The maximum Gasteiger partial charge on any atom is 1.00 e. The van der Waals surface area contributed by atoms with Crippen LogP contribution in [0.2, 0.25) is 0 Å². The van der Waals surface area contributed by atoms with E-state index >= 15 is 0 Å². The Morgan fingerprint density at radius 1 is 0.311 bits per heavy atom. The number of carbonyl (C=O) groups is 4. The van der Waals surface area contributed by atoms with Crippen molar-refractivity contribution in [1.82, 2.24) is 0 Å². The Kier molecular flexibility index (Phi) is 82.7. The molecule has 0 aromatic carbocycles. The Morgan fingerprint density at radius 2 is 0.553 bits per heavy atom. The zero-order valence-corrected chi connectivity index (χ0v) is 71.5. The van der Waals surface area contributed by atoms with Crippen molar-refractivity contribution in [3.05, 3.63) is 97.2 Å². The molecule has 0 spiro atoms. The van der Waals surface area contributed by atoms with Gasteiger partial charge in [-0.3, -0.25) is 28.3 Å². The second-order valence-electron chi connectivity index (χ2n) is 26.6. The molecule has 21 heteroatoms. The Hall–Kier alpha value is -2.02. The number of aliphatic hydroxyl groups excluding tert-OH is 1. The number of unbranched alkanes of at least 4 members (excludes halogenated alkanes) is 32. The topological polar surface area (TPSA) is 243 Å². The third kappa shape index (κ3) is 80.8. The number of esters is 4. The molecule has 0 fully saturated rings. The van der Waals surface area contributed by atoms with Gasteiger partial charge in [0.1, 0.15) is 25.4 Å². The zero-order valence-electron chi connectivity index (χ0n) is 65.7. The first-order chi connectivity index (χ1) is 49.2. The van der Waals surface area contributed by atoms with Gasteiger partial charge in [-0.2, -0.15) is 0 Å². The second kappa shape index (κ2) is 81.0. The molecule has 0 aromatic heterocycles. The first kappa shape index (κ1) is 105. The molecule has 0 rings (SSSR count). The van der Waals surface area contributed by atoms with Gasteiger partial charge >= 0.3 is 83.0 Å². The van der Waals surface area contributed by atoms with Crippen molar-refractivity contribution in [2.45, 2.75) is 361 Å².